The maximum absolute atomic E-state index is 13.7. The second-order valence-electron chi connectivity index (χ2n) is 4.34. The van der Waals surface area contributed by atoms with Gasteiger partial charge < -0.3 is 10.2 Å². The van der Waals surface area contributed by atoms with Crippen LogP contribution in [0.25, 0.3) is 0 Å². The summed E-state index contributed by atoms with van der Waals surface area (Å²) in [6.07, 6.45) is 0. The molecule has 0 fully saturated rings. The van der Waals surface area contributed by atoms with E-state index in [-0.39, 0.29) is 10.2 Å². The number of aromatic carboxylic acids is 1. The highest BCUT2D eigenvalue weighted by Gasteiger charge is 2.22. The molecular formula is C13H8BrF2NO5S. The van der Waals surface area contributed by atoms with Crippen LogP contribution in [0.1, 0.15) is 10.4 Å². The van der Waals surface area contributed by atoms with Gasteiger partial charge in [-0.05, 0) is 40.2 Å². The quantitative estimate of drug-likeness (QED) is 0.533. The fraction of sp³-hybridized carbons (Fsp3) is 0. The molecule has 23 heavy (non-hydrogen) atoms. The zero-order chi connectivity index (χ0) is 17.4. The van der Waals surface area contributed by atoms with Crippen LogP contribution in [-0.4, -0.2) is 24.6 Å². The average molecular weight is 408 g/mol. The first-order valence-corrected chi connectivity index (χ1v) is 8.13. The first-order valence-electron chi connectivity index (χ1n) is 5.85. The molecule has 0 bridgehead atoms. The van der Waals surface area contributed by atoms with E-state index in [1.54, 1.807) is 0 Å². The van der Waals surface area contributed by atoms with Gasteiger partial charge in [-0.2, -0.15) is 0 Å². The van der Waals surface area contributed by atoms with Crippen molar-refractivity contribution in [3.8, 4) is 5.75 Å². The van der Waals surface area contributed by atoms with Gasteiger partial charge in [-0.1, -0.05) is 0 Å². The van der Waals surface area contributed by atoms with Gasteiger partial charge >= 0.3 is 5.97 Å². The van der Waals surface area contributed by atoms with Gasteiger partial charge in [0.2, 0.25) is 0 Å². The number of carboxylic acids is 1. The summed E-state index contributed by atoms with van der Waals surface area (Å²) >= 11 is 2.75. The van der Waals surface area contributed by atoms with E-state index in [1.807, 2.05) is 4.72 Å². The van der Waals surface area contributed by atoms with Gasteiger partial charge in [0.1, 0.15) is 27.8 Å². The Kier molecular flexibility index (Phi) is 4.57. The molecule has 0 amide bonds. The number of phenols is 1. The molecule has 0 aliphatic rings. The Balaban J connectivity index is 2.45. The molecule has 0 spiro atoms. The number of benzene rings is 2. The molecular weight excluding hydrogens is 400 g/mol. The summed E-state index contributed by atoms with van der Waals surface area (Å²) in [4.78, 5) is 10.1. The fourth-order valence-corrected chi connectivity index (χ4v) is 3.32. The zero-order valence-electron chi connectivity index (χ0n) is 11.0. The van der Waals surface area contributed by atoms with Gasteiger partial charge in [0.15, 0.2) is 0 Å². The highest BCUT2D eigenvalue weighted by molar-refractivity contribution is 9.10. The number of aromatic hydroxyl groups is 1. The zero-order valence-corrected chi connectivity index (χ0v) is 13.5. The van der Waals surface area contributed by atoms with Crippen LogP contribution in [0.15, 0.2) is 39.7 Å². The second-order valence-corrected chi connectivity index (χ2v) is 6.84. The molecule has 122 valence electrons. The Morgan fingerprint density at radius 1 is 1.13 bits per heavy atom. The van der Waals surface area contributed by atoms with Gasteiger partial charge in [0.05, 0.1) is 4.47 Å². The average Bonchev–Trinajstić information content (AvgIpc) is 2.44. The van der Waals surface area contributed by atoms with Crippen molar-refractivity contribution in [2.75, 3.05) is 4.72 Å². The van der Waals surface area contributed by atoms with Crippen LogP contribution in [0.2, 0.25) is 0 Å². The fourth-order valence-electron chi connectivity index (χ4n) is 1.69. The van der Waals surface area contributed by atoms with Crippen LogP contribution in [0.5, 0.6) is 5.75 Å². The van der Waals surface area contributed by atoms with E-state index in [1.165, 1.54) is 0 Å². The largest absolute Gasteiger partial charge is 0.507 e. The maximum Gasteiger partial charge on any atom is 0.339 e. The third kappa shape index (κ3) is 3.59. The minimum atomic E-state index is -4.43. The maximum atomic E-state index is 13.7. The van der Waals surface area contributed by atoms with Gasteiger partial charge in [0, 0.05) is 11.8 Å². The molecule has 0 unspecified atom stereocenters. The lowest BCUT2D eigenvalue weighted by Crippen LogP contribution is -2.15. The monoisotopic (exact) mass is 407 g/mol. The Hall–Kier alpha value is -2.20. The van der Waals surface area contributed by atoms with Crippen molar-refractivity contribution in [2.45, 2.75) is 4.90 Å². The third-order valence-corrected chi connectivity index (χ3v) is 4.75. The van der Waals surface area contributed by atoms with Crippen LogP contribution in [0, 0.1) is 11.6 Å². The molecule has 3 N–H and O–H groups in total. The van der Waals surface area contributed by atoms with E-state index in [9.17, 15) is 27.1 Å². The first-order chi connectivity index (χ1) is 10.6. The van der Waals surface area contributed by atoms with Crippen LogP contribution < -0.4 is 4.72 Å². The minimum absolute atomic E-state index is 0.208. The summed E-state index contributed by atoms with van der Waals surface area (Å²) in [5.74, 6) is -4.31. The number of hydrogen-bond donors (Lipinski definition) is 3. The lowest BCUT2D eigenvalue weighted by Gasteiger charge is -2.11. The Bertz CT molecular complexity index is 901. The SMILES string of the molecule is O=C(O)c1cc(NS(=O)(=O)c2cc(Br)c(F)cc2F)ccc1O. The van der Waals surface area contributed by atoms with E-state index in [4.69, 9.17) is 5.11 Å². The summed E-state index contributed by atoms with van der Waals surface area (Å²) in [5, 5.41) is 18.2. The van der Waals surface area contributed by atoms with E-state index >= 15 is 0 Å². The van der Waals surface area contributed by atoms with E-state index < -0.39 is 43.8 Å². The van der Waals surface area contributed by atoms with Crippen molar-refractivity contribution < 1.29 is 32.2 Å². The molecule has 6 nitrogen and oxygen atoms in total. The molecule has 0 heterocycles. The molecule has 0 aliphatic carbocycles. The Labute approximate surface area is 137 Å². The van der Waals surface area contributed by atoms with E-state index in [0.717, 1.165) is 24.3 Å². The van der Waals surface area contributed by atoms with E-state index in [0.29, 0.717) is 6.07 Å². The number of carbonyl (C=O) groups is 1. The first kappa shape index (κ1) is 17.2. The van der Waals surface area contributed by atoms with Gasteiger partial charge in [-0.3, -0.25) is 4.72 Å². The molecule has 2 aromatic rings. The number of hydrogen-bond acceptors (Lipinski definition) is 4. The van der Waals surface area contributed by atoms with Gasteiger partial charge in [-0.15, -0.1) is 0 Å². The van der Waals surface area contributed by atoms with Gasteiger partial charge in [-0.25, -0.2) is 22.0 Å². The molecule has 0 atom stereocenters. The lowest BCUT2D eigenvalue weighted by atomic mass is 10.2. The highest BCUT2D eigenvalue weighted by atomic mass is 79.9. The summed E-state index contributed by atoms with van der Waals surface area (Å²) in [6.45, 7) is 0. The normalized spacial score (nSPS) is 11.3. The van der Waals surface area contributed by atoms with Crippen LogP contribution in [-0.2, 0) is 10.0 Å². The summed E-state index contributed by atoms with van der Waals surface area (Å²) in [6, 6.07) is 4.07. The van der Waals surface area contributed by atoms with Crippen LogP contribution in [0.3, 0.4) is 0 Å². The topological polar surface area (TPSA) is 104 Å². The minimum Gasteiger partial charge on any atom is -0.507 e. The number of anilines is 1. The lowest BCUT2D eigenvalue weighted by molar-refractivity contribution is 0.0693. The van der Waals surface area contributed by atoms with Crippen molar-refractivity contribution in [1.82, 2.24) is 0 Å². The summed E-state index contributed by atoms with van der Waals surface area (Å²) in [5.41, 5.74) is -0.744. The molecule has 0 radical (unpaired) electrons. The molecule has 0 aromatic heterocycles. The Morgan fingerprint density at radius 3 is 2.39 bits per heavy atom. The highest BCUT2D eigenvalue weighted by Crippen LogP contribution is 2.27. The Morgan fingerprint density at radius 2 is 1.78 bits per heavy atom. The second kappa shape index (κ2) is 6.13. The summed E-state index contributed by atoms with van der Waals surface area (Å²) < 4.78 is 52.9. The van der Waals surface area contributed by atoms with Gasteiger partial charge in [0.25, 0.3) is 10.0 Å². The number of sulfonamides is 1. The number of carboxylic acid groups (broad SMARTS) is 1. The number of halogens is 3. The standard InChI is InChI=1S/C13H8BrF2NO5S/c14-8-4-12(10(16)5-9(8)15)23(21,22)17-6-1-2-11(18)7(3-6)13(19)20/h1-5,17-18H,(H,19,20). The smallest absolute Gasteiger partial charge is 0.339 e. The number of rotatable bonds is 4. The van der Waals surface area contributed by atoms with Crippen molar-refractivity contribution in [3.63, 3.8) is 0 Å². The molecule has 0 saturated carbocycles. The molecule has 0 aliphatic heterocycles. The third-order valence-electron chi connectivity index (χ3n) is 2.74. The van der Waals surface area contributed by atoms with Crippen molar-refractivity contribution in [3.05, 3.63) is 52.0 Å². The predicted molar refractivity (Wildman–Crippen MR) is 79.9 cm³/mol. The summed E-state index contributed by atoms with van der Waals surface area (Å²) in [7, 11) is -4.43. The van der Waals surface area contributed by atoms with Crippen LogP contribution in [0.4, 0.5) is 14.5 Å². The van der Waals surface area contributed by atoms with Crippen molar-refractivity contribution in [2.24, 2.45) is 0 Å². The molecule has 10 heteroatoms. The van der Waals surface area contributed by atoms with Crippen molar-refractivity contribution in [1.29, 1.82) is 0 Å². The molecule has 2 aromatic carbocycles. The molecule has 0 saturated heterocycles. The van der Waals surface area contributed by atoms with E-state index in [2.05, 4.69) is 15.9 Å². The predicted octanol–water partition coefficient (Wildman–Crippen LogP) is 2.93. The van der Waals surface area contributed by atoms with Crippen molar-refractivity contribution >= 4 is 37.6 Å². The van der Waals surface area contributed by atoms with Crippen LogP contribution >= 0.6 is 15.9 Å². The molecule has 2 rings (SSSR count). The number of nitrogens with one attached hydrogen (secondary N) is 1.